The normalized spacial score (nSPS) is 17.4. The fourth-order valence-electron chi connectivity index (χ4n) is 2.84. The Balaban J connectivity index is 1.74. The van der Waals surface area contributed by atoms with Gasteiger partial charge in [-0.1, -0.05) is 41.9 Å². The van der Waals surface area contributed by atoms with Gasteiger partial charge in [0.25, 0.3) is 5.91 Å². The third kappa shape index (κ3) is 3.73. The summed E-state index contributed by atoms with van der Waals surface area (Å²) in [6, 6.07) is 11.2. The van der Waals surface area contributed by atoms with Gasteiger partial charge in [-0.25, -0.2) is 9.69 Å². The van der Waals surface area contributed by atoms with Crippen molar-refractivity contribution < 1.29 is 19.1 Å². The Labute approximate surface area is 161 Å². The van der Waals surface area contributed by atoms with Gasteiger partial charge < -0.3 is 15.4 Å². The third-order valence-corrected chi connectivity index (χ3v) is 4.59. The number of methoxy groups -OCH3 is 1. The van der Waals surface area contributed by atoms with Crippen LogP contribution >= 0.6 is 11.6 Å². The van der Waals surface area contributed by atoms with E-state index in [1.807, 2.05) is 6.07 Å². The fraction of sp³-hybridized carbons (Fsp3) is 0.211. The van der Waals surface area contributed by atoms with E-state index in [1.165, 1.54) is 20.1 Å². The van der Waals surface area contributed by atoms with Crippen LogP contribution < -0.4 is 15.4 Å². The molecular formula is C19H18ClN3O4. The van der Waals surface area contributed by atoms with E-state index in [-0.39, 0.29) is 0 Å². The number of amides is 4. The zero-order chi connectivity index (χ0) is 19.6. The average Bonchev–Trinajstić information content (AvgIpc) is 2.96. The molecule has 2 unspecified atom stereocenters. The molecule has 1 fully saturated rings. The number of halogens is 1. The molecule has 1 heterocycles. The van der Waals surface area contributed by atoms with E-state index in [9.17, 15) is 14.4 Å². The number of imide groups is 1. The molecule has 2 N–H and O–H groups in total. The van der Waals surface area contributed by atoms with Crippen LogP contribution in [0.15, 0.2) is 48.5 Å². The van der Waals surface area contributed by atoms with Crippen molar-refractivity contribution in [2.75, 3.05) is 12.4 Å². The van der Waals surface area contributed by atoms with Crippen LogP contribution in [0.2, 0.25) is 5.02 Å². The molecule has 3 rings (SSSR count). The molecule has 140 valence electrons. The molecule has 0 spiro atoms. The molecule has 8 heteroatoms. The second kappa shape index (κ2) is 7.67. The largest absolute Gasteiger partial charge is 0.495 e. The standard InChI is InChI=1S/C19H18ClN3O4/c1-11(17(24)21-13-8-9-15(27-2)14(20)10-13)23-18(25)16(22-19(23)26)12-6-4-3-5-7-12/h3-11,16H,1-2H3,(H,21,24)(H,22,26). The molecule has 0 aliphatic carbocycles. The van der Waals surface area contributed by atoms with Crippen molar-refractivity contribution in [1.29, 1.82) is 0 Å². The number of benzene rings is 2. The minimum Gasteiger partial charge on any atom is -0.495 e. The molecule has 4 amide bonds. The zero-order valence-corrected chi connectivity index (χ0v) is 15.5. The van der Waals surface area contributed by atoms with Crippen LogP contribution in [0.4, 0.5) is 10.5 Å². The maximum absolute atomic E-state index is 12.7. The highest BCUT2D eigenvalue weighted by atomic mass is 35.5. The molecule has 2 atom stereocenters. The molecule has 0 bridgehead atoms. The lowest BCUT2D eigenvalue weighted by Gasteiger charge is -2.21. The zero-order valence-electron chi connectivity index (χ0n) is 14.7. The SMILES string of the molecule is COc1ccc(NC(=O)C(C)N2C(=O)NC(c3ccccc3)C2=O)cc1Cl. The van der Waals surface area contributed by atoms with Crippen LogP contribution in [0.1, 0.15) is 18.5 Å². The lowest BCUT2D eigenvalue weighted by Crippen LogP contribution is -2.45. The second-order valence-electron chi connectivity index (χ2n) is 6.02. The Hall–Kier alpha value is -3.06. The summed E-state index contributed by atoms with van der Waals surface area (Å²) in [4.78, 5) is 38.4. The first kappa shape index (κ1) is 18.7. The number of hydrogen-bond donors (Lipinski definition) is 2. The molecule has 27 heavy (non-hydrogen) atoms. The highest BCUT2D eigenvalue weighted by molar-refractivity contribution is 6.32. The Morgan fingerprint density at radius 1 is 1.22 bits per heavy atom. The number of carbonyl (C=O) groups is 3. The number of nitrogens with one attached hydrogen (secondary N) is 2. The van der Waals surface area contributed by atoms with Crippen molar-refractivity contribution in [2.24, 2.45) is 0 Å². The second-order valence-corrected chi connectivity index (χ2v) is 6.42. The number of anilines is 1. The number of nitrogens with zero attached hydrogens (tertiary/aromatic N) is 1. The van der Waals surface area contributed by atoms with Crippen molar-refractivity contribution in [2.45, 2.75) is 19.0 Å². The van der Waals surface area contributed by atoms with Crippen molar-refractivity contribution in [3.05, 3.63) is 59.1 Å². The van der Waals surface area contributed by atoms with E-state index in [1.54, 1.807) is 36.4 Å². The summed E-state index contributed by atoms with van der Waals surface area (Å²) in [6.07, 6.45) is 0. The van der Waals surface area contributed by atoms with Crippen LogP contribution in [0.25, 0.3) is 0 Å². The maximum atomic E-state index is 12.7. The quantitative estimate of drug-likeness (QED) is 0.772. The maximum Gasteiger partial charge on any atom is 0.325 e. The lowest BCUT2D eigenvalue weighted by molar-refractivity contribution is -0.133. The first-order valence-electron chi connectivity index (χ1n) is 8.25. The minimum absolute atomic E-state index is 0.335. The number of hydrogen-bond acceptors (Lipinski definition) is 4. The Morgan fingerprint density at radius 3 is 2.56 bits per heavy atom. The van der Waals surface area contributed by atoms with Crippen LogP contribution in [-0.4, -0.2) is 35.9 Å². The van der Waals surface area contributed by atoms with Gasteiger partial charge in [-0.3, -0.25) is 9.59 Å². The third-order valence-electron chi connectivity index (χ3n) is 4.29. The lowest BCUT2D eigenvalue weighted by atomic mass is 10.1. The molecular weight excluding hydrogens is 370 g/mol. The summed E-state index contributed by atoms with van der Waals surface area (Å²) in [5.74, 6) is -0.502. The van der Waals surface area contributed by atoms with Gasteiger partial charge in [0.05, 0.1) is 12.1 Å². The summed E-state index contributed by atoms with van der Waals surface area (Å²) >= 11 is 6.05. The van der Waals surface area contributed by atoms with Gasteiger partial charge >= 0.3 is 6.03 Å². The highest BCUT2D eigenvalue weighted by Crippen LogP contribution is 2.28. The van der Waals surface area contributed by atoms with E-state index < -0.39 is 29.9 Å². The van der Waals surface area contributed by atoms with E-state index in [0.29, 0.717) is 22.0 Å². The van der Waals surface area contributed by atoms with Crippen LogP contribution in [0.5, 0.6) is 5.75 Å². The molecule has 1 aliphatic rings. The summed E-state index contributed by atoms with van der Waals surface area (Å²) in [7, 11) is 1.49. The van der Waals surface area contributed by atoms with Gasteiger partial charge in [0.15, 0.2) is 0 Å². The predicted molar refractivity (Wildman–Crippen MR) is 101 cm³/mol. The monoisotopic (exact) mass is 387 g/mol. The number of urea groups is 1. The van der Waals surface area contributed by atoms with Crippen molar-refractivity contribution in [1.82, 2.24) is 10.2 Å². The smallest absolute Gasteiger partial charge is 0.325 e. The van der Waals surface area contributed by atoms with Gasteiger partial charge in [0.2, 0.25) is 5.91 Å². The molecule has 2 aromatic rings. The molecule has 1 saturated heterocycles. The topological polar surface area (TPSA) is 87.7 Å². The predicted octanol–water partition coefficient (Wildman–Crippen LogP) is 2.97. The van der Waals surface area contributed by atoms with Gasteiger partial charge in [0.1, 0.15) is 17.8 Å². The van der Waals surface area contributed by atoms with Gasteiger partial charge in [-0.15, -0.1) is 0 Å². The van der Waals surface area contributed by atoms with E-state index in [0.717, 1.165) is 4.90 Å². The number of carbonyl (C=O) groups excluding carboxylic acids is 3. The molecule has 0 saturated carbocycles. The van der Waals surface area contributed by atoms with Crippen LogP contribution in [-0.2, 0) is 9.59 Å². The fourth-order valence-corrected chi connectivity index (χ4v) is 3.10. The molecule has 0 aromatic heterocycles. The van der Waals surface area contributed by atoms with Crippen molar-refractivity contribution in [3.8, 4) is 5.75 Å². The first-order chi connectivity index (χ1) is 12.9. The molecule has 1 aliphatic heterocycles. The molecule has 7 nitrogen and oxygen atoms in total. The Bertz CT molecular complexity index is 888. The first-order valence-corrected chi connectivity index (χ1v) is 8.63. The summed E-state index contributed by atoms with van der Waals surface area (Å²) < 4.78 is 5.07. The number of ether oxygens (including phenoxy) is 1. The van der Waals surface area contributed by atoms with E-state index in [4.69, 9.17) is 16.3 Å². The Kier molecular flexibility index (Phi) is 5.32. The molecule has 0 radical (unpaired) electrons. The molecule has 2 aromatic carbocycles. The van der Waals surface area contributed by atoms with Crippen molar-refractivity contribution >= 4 is 35.1 Å². The van der Waals surface area contributed by atoms with Gasteiger partial charge in [-0.2, -0.15) is 0 Å². The number of rotatable bonds is 5. The van der Waals surface area contributed by atoms with Gasteiger partial charge in [0, 0.05) is 5.69 Å². The highest BCUT2D eigenvalue weighted by Gasteiger charge is 2.43. The van der Waals surface area contributed by atoms with E-state index in [2.05, 4.69) is 10.6 Å². The van der Waals surface area contributed by atoms with E-state index >= 15 is 0 Å². The summed E-state index contributed by atoms with van der Waals surface area (Å²) in [6.45, 7) is 1.49. The van der Waals surface area contributed by atoms with Crippen molar-refractivity contribution in [3.63, 3.8) is 0 Å². The Morgan fingerprint density at radius 2 is 1.93 bits per heavy atom. The van der Waals surface area contributed by atoms with Gasteiger partial charge in [-0.05, 0) is 30.7 Å². The average molecular weight is 388 g/mol. The minimum atomic E-state index is -0.993. The van der Waals surface area contributed by atoms with Crippen LogP contribution in [0.3, 0.4) is 0 Å². The van der Waals surface area contributed by atoms with Crippen LogP contribution in [0, 0.1) is 0 Å². The summed E-state index contributed by atoms with van der Waals surface area (Å²) in [5, 5.41) is 5.60. The summed E-state index contributed by atoms with van der Waals surface area (Å²) in [5.41, 5.74) is 1.09.